The Hall–Kier alpha value is -1.55. The molecule has 2 aliphatic rings. The zero-order valence-electron chi connectivity index (χ0n) is 14.4. The number of carboxylic acids is 1. The number of sulfonamides is 1. The minimum Gasteiger partial charge on any atom is -0.480 e. The van der Waals surface area contributed by atoms with Gasteiger partial charge in [-0.1, -0.05) is 0 Å². The molecule has 10 heteroatoms. The molecule has 8 nitrogen and oxygen atoms in total. The summed E-state index contributed by atoms with van der Waals surface area (Å²) >= 11 is 0. The van der Waals surface area contributed by atoms with Crippen LogP contribution in [0, 0.1) is 12.8 Å². The summed E-state index contributed by atoms with van der Waals surface area (Å²) in [5.41, 5.74) is 0.621. The van der Waals surface area contributed by atoms with Crippen molar-refractivity contribution in [2.75, 3.05) is 33.0 Å². The van der Waals surface area contributed by atoms with Crippen molar-refractivity contribution in [3.05, 3.63) is 17.7 Å². The maximum Gasteiger partial charge on any atom is 0.317 e. The second-order valence-electron chi connectivity index (χ2n) is 6.37. The zero-order valence-corrected chi connectivity index (χ0v) is 16.1. The van der Waals surface area contributed by atoms with E-state index in [9.17, 15) is 13.2 Å². The zero-order chi connectivity index (χ0) is 18.0. The minimum atomic E-state index is -3.63. The number of hydrogen-bond acceptors (Lipinski definition) is 6. The molecule has 0 radical (unpaired) electrons. The highest BCUT2D eigenvalue weighted by atomic mass is 35.5. The second kappa shape index (κ2) is 8.43. The molecule has 1 fully saturated rings. The lowest BCUT2D eigenvalue weighted by Crippen LogP contribution is -2.43. The number of carboxylic acid groups (broad SMARTS) is 1. The lowest BCUT2D eigenvalue weighted by Gasteiger charge is -2.32. The molecule has 1 atom stereocenters. The predicted molar refractivity (Wildman–Crippen MR) is 96.5 cm³/mol. The third-order valence-corrected chi connectivity index (χ3v) is 6.49. The van der Waals surface area contributed by atoms with Crippen molar-refractivity contribution in [1.82, 2.24) is 9.62 Å². The van der Waals surface area contributed by atoms with Crippen LogP contribution in [0.1, 0.15) is 18.4 Å². The van der Waals surface area contributed by atoms with Crippen LogP contribution in [0.2, 0.25) is 0 Å². The van der Waals surface area contributed by atoms with Crippen LogP contribution < -0.4 is 14.8 Å². The lowest BCUT2D eigenvalue weighted by atomic mass is 10.00. The maximum atomic E-state index is 13.1. The average molecular weight is 407 g/mol. The van der Waals surface area contributed by atoms with E-state index < -0.39 is 16.0 Å². The number of nitrogens with zero attached hydrogens (tertiary/aromatic N) is 1. The van der Waals surface area contributed by atoms with Crippen LogP contribution in [-0.2, 0) is 14.8 Å². The van der Waals surface area contributed by atoms with Gasteiger partial charge in [-0.05, 0) is 43.9 Å². The Balaban J connectivity index is 0.00000243. The van der Waals surface area contributed by atoms with Gasteiger partial charge < -0.3 is 19.9 Å². The van der Waals surface area contributed by atoms with Crippen molar-refractivity contribution >= 4 is 28.4 Å². The molecule has 2 heterocycles. The molecule has 2 N–H and O–H groups in total. The van der Waals surface area contributed by atoms with Gasteiger partial charge in [-0.15, -0.1) is 12.4 Å². The fraction of sp³-hybridized carbons (Fsp3) is 0.562. The summed E-state index contributed by atoms with van der Waals surface area (Å²) in [7, 11) is -3.63. The molecular formula is C16H23ClN2O6S. The molecule has 2 aliphatic heterocycles. The highest BCUT2D eigenvalue weighted by Gasteiger charge is 2.32. The van der Waals surface area contributed by atoms with Gasteiger partial charge in [0.25, 0.3) is 0 Å². The van der Waals surface area contributed by atoms with Crippen LogP contribution >= 0.6 is 12.4 Å². The molecule has 1 aromatic carbocycles. The number of aryl methyl sites for hydroxylation is 1. The number of rotatable bonds is 6. The molecule has 146 valence electrons. The highest BCUT2D eigenvalue weighted by molar-refractivity contribution is 7.89. The van der Waals surface area contributed by atoms with Crippen molar-refractivity contribution in [3.8, 4) is 11.5 Å². The minimum absolute atomic E-state index is 0. The van der Waals surface area contributed by atoms with Crippen LogP contribution in [0.25, 0.3) is 0 Å². The summed E-state index contributed by atoms with van der Waals surface area (Å²) in [6.45, 7) is 3.04. The smallest absolute Gasteiger partial charge is 0.317 e. The summed E-state index contributed by atoms with van der Waals surface area (Å²) in [5, 5.41) is 11.5. The van der Waals surface area contributed by atoms with Crippen LogP contribution in [-0.4, -0.2) is 56.8 Å². The van der Waals surface area contributed by atoms with Gasteiger partial charge in [-0.2, -0.15) is 4.31 Å². The fourth-order valence-electron chi connectivity index (χ4n) is 3.24. The summed E-state index contributed by atoms with van der Waals surface area (Å²) in [5.74, 6) is 0.181. The molecule has 0 saturated carbocycles. The van der Waals surface area contributed by atoms with Gasteiger partial charge in [0, 0.05) is 19.2 Å². The van der Waals surface area contributed by atoms with Crippen LogP contribution in [0.4, 0.5) is 0 Å². The molecule has 0 spiro atoms. The number of piperidine rings is 1. The Morgan fingerprint density at radius 1 is 1.35 bits per heavy atom. The molecule has 1 aromatic rings. The van der Waals surface area contributed by atoms with E-state index in [4.69, 9.17) is 14.6 Å². The first-order valence-corrected chi connectivity index (χ1v) is 9.65. The first-order chi connectivity index (χ1) is 11.9. The number of halogens is 1. The Morgan fingerprint density at radius 2 is 2.04 bits per heavy atom. The van der Waals surface area contributed by atoms with E-state index in [0.29, 0.717) is 36.7 Å². The molecule has 3 rings (SSSR count). The number of ether oxygens (including phenoxy) is 2. The van der Waals surface area contributed by atoms with Crippen LogP contribution in [0.3, 0.4) is 0 Å². The molecular weight excluding hydrogens is 384 g/mol. The number of carbonyl (C=O) groups is 1. The first-order valence-electron chi connectivity index (χ1n) is 8.21. The average Bonchev–Trinajstić information content (AvgIpc) is 3.01. The van der Waals surface area contributed by atoms with Crippen LogP contribution in [0.5, 0.6) is 11.5 Å². The van der Waals surface area contributed by atoms with E-state index in [1.54, 1.807) is 13.0 Å². The quantitative estimate of drug-likeness (QED) is 0.731. The number of nitrogens with one attached hydrogen (secondary N) is 1. The molecule has 26 heavy (non-hydrogen) atoms. The fourth-order valence-corrected chi connectivity index (χ4v) is 5.01. The molecule has 0 bridgehead atoms. The van der Waals surface area contributed by atoms with Crippen molar-refractivity contribution in [3.63, 3.8) is 0 Å². The van der Waals surface area contributed by atoms with E-state index in [0.717, 1.165) is 12.8 Å². The Kier molecular flexibility index (Phi) is 6.73. The topological polar surface area (TPSA) is 105 Å². The van der Waals surface area contributed by atoms with Gasteiger partial charge in [0.05, 0.1) is 11.4 Å². The van der Waals surface area contributed by atoms with Gasteiger partial charge in [-0.25, -0.2) is 8.42 Å². The van der Waals surface area contributed by atoms with E-state index in [1.807, 2.05) is 0 Å². The summed E-state index contributed by atoms with van der Waals surface area (Å²) in [6, 6.07) is 3.21. The standard InChI is InChI=1S/C16H22N2O6S.ClH/c1-11-5-13-14(24-10-23-13)6-15(11)25(21,22)18-4-2-3-12(9-18)7-17-8-16(19)20;/h5-6,12,17H,2-4,7-10H2,1H3,(H,19,20);1H. The van der Waals surface area contributed by atoms with Crippen molar-refractivity contribution in [2.45, 2.75) is 24.7 Å². The molecule has 0 aromatic heterocycles. The van der Waals surface area contributed by atoms with E-state index in [2.05, 4.69) is 5.32 Å². The molecule has 1 saturated heterocycles. The second-order valence-corrected chi connectivity index (χ2v) is 8.27. The van der Waals surface area contributed by atoms with E-state index >= 15 is 0 Å². The largest absolute Gasteiger partial charge is 0.480 e. The molecule has 0 aliphatic carbocycles. The third kappa shape index (κ3) is 4.40. The van der Waals surface area contributed by atoms with Crippen molar-refractivity contribution < 1.29 is 27.8 Å². The van der Waals surface area contributed by atoms with E-state index in [-0.39, 0.29) is 36.6 Å². The van der Waals surface area contributed by atoms with E-state index in [1.165, 1.54) is 10.4 Å². The van der Waals surface area contributed by atoms with Gasteiger partial charge in [-0.3, -0.25) is 4.79 Å². The van der Waals surface area contributed by atoms with Crippen molar-refractivity contribution in [2.24, 2.45) is 5.92 Å². The number of aliphatic carboxylic acids is 1. The number of hydrogen-bond donors (Lipinski definition) is 2. The Labute approximate surface area is 158 Å². The monoisotopic (exact) mass is 406 g/mol. The van der Waals surface area contributed by atoms with Gasteiger partial charge in [0.1, 0.15) is 0 Å². The SMILES string of the molecule is Cc1cc2c(cc1S(=O)(=O)N1CCCC(CNCC(=O)O)C1)OCO2.Cl. The number of benzene rings is 1. The van der Waals surface area contributed by atoms with Gasteiger partial charge in [0.2, 0.25) is 16.8 Å². The lowest BCUT2D eigenvalue weighted by molar-refractivity contribution is -0.136. The highest BCUT2D eigenvalue weighted by Crippen LogP contribution is 2.37. The summed E-state index contributed by atoms with van der Waals surface area (Å²) in [6.07, 6.45) is 1.63. The molecule has 0 amide bonds. The van der Waals surface area contributed by atoms with Crippen LogP contribution in [0.15, 0.2) is 17.0 Å². The van der Waals surface area contributed by atoms with Gasteiger partial charge in [0.15, 0.2) is 11.5 Å². The maximum absolute atomic E-state index is 13.1. The van der Waals surface area contributed by atoms with Crippen molar-refractivity contribution in [1.29, 1.82) is 0 Å². The first kappa shape index (κ1) is 20.8. The normalized spacial score (nSPS) is 19.8. The Morgan fingerprint density at radius 3 is 2.73 bits per heavy atom. The molecule has 1 unspecified atom stereocenters. The Bertz CT molecular complexity index is 770. The third-order valence-electron chi connectivity index (χ3n) is 4.48. The van der Waals surface area contributed by atoms with Gasteiger partial charge >= 0.3 is 5.97 Å². The number of fused-ring (bicyclic) bond motifs is 1. The summed E-state index contributed by atoms with van der Waals surface area (Å²) < 4.78 is 38.2. The predicted octanol–water partition coefficient (Wildman–Crippen LogP) is 1.22. The summed E-state index contributed by atoms with van der Waals surface area (Å²) in [4.78, 5) is 10.8.